The molecule has 0 atom stereocenters. The molecule has 1 heterocycles. The Kier molecular flexibility index (Phi) is 6.80. The SMILES string of the molecule is C=C(/C=C(C)\C=C/C)COc1ccc(-c2c(O)c3cc([N+](=O)[O-])c(Cl)cc3[nH]c2=O)cc1. The molecular formula is C24H21ClN2O5. The Labute approximate surface area is 189 Å². The number of allylic oxidation sites excluding steroid dienone is 3. The molecule has 2 N–H and O–H groups in total. The van der Waals surface area contributed by atoms with Crippen molar-refractivity contribution in [3.05, 3.63) is 97.8 Å². The van der Waals surface area contributed by atoms with Crippen LogP contribution in [0.15, 0.2) is 77.1 Å². The van der Waals surface area contributed by atoms with E-state index in [0.29, 0.717) is 17.9 Å². The molecule has 0 aliphatic rings. The van der Waals surface area contributed by atoms with Crippen LogP contribution in [-0.4, -0.2) is 21.6 Å². The average Bonchev–Trinajstić information content (AvgIpc) is 2.72. The number of aromatic amines is 1. The maximum absolute atomic E-state index is 12.6. The highest BCUT2D eigenvalue weighted by Crippen LogP contribution is 2.37. The molecule has 0 unspecified atom stereocenters. The Morgan fingerprint density at radius 3 is 2.62 bits per heavy atom. The smallest absolute Gasteiger partial charge is 0.288 e. The summed E-state index contributed by atoms with van der Waals surface area (Å²) < 4.78 is 5.72. The van der Waals surface area contributed by atoms with Crippen molar-refractivity contribution in [2.75, 3.05) is 6.61 Å². The highest BCUT2D eigenvalue weighted by molar-refractivity contribution is 6.33. The predicted molar refractivity (Wildman–Crippen MR) is 127 cm³/mol. The van der Waals surface area contributed by atoms with Crippen LogP contribution in [0.25, 0.3) is 22.0 Å². The van der Waals surface area contributed by atoms with Crippen LogP contribution in [0.1, 0.15) is 13.8 Å². The molecule has 0 amide bonds. The predicted octanol–water partition coefficient (Wildman–Crippen LogP) is 5.92. The quantitative estimate of drug-likeness (QED) is 0.263. The summed E-state index contributed by atoms with van der Waals surface area (Å²) in [6.45, 7) is 8.16. The molecule has 8 heteroatoms. The highest BCUT2D eigenvalue weighted by Gasteiger charge is 2.20. The number of ether oxygens (including phenoxy) is 1. The van der Waals surface area contributed by atoms with E-state index < -0.39 is 10.5 Å². The van der Waals surface area contributed by atoms with Gasteiger partial charge in [-0.05, 0) is 43.2 Å². The van der Waals surface area contributed by atoms with Gasteiger partial charge in [-0.3, -0.25) is 14.9 Å². The van der Waals surface area contributed by atoms with Crippen molar-refractivity contribution in [1.82, 2.24) is 4.98 Å². The zero-order chi connectivity index (χ0) is 23.4. The number of aromatic hydroxyl groups is 1. The molecule has 0 radical (unpaired) electrons. The van der Waals surface area contributed by atoms with E-state index in [2.05, 4.69) is 11.6 Å². The van der Waals surface area contributed by atoms with E-state index in [1.165, 1.54) is 6.07 Å². The average molecular weight is 453 g/mol. The minimum absolute atomic E-state index is 0.00464. The second-order valence-corrected chi connectivity index (χ2v) is 7.55. The monoisotopic (exact) mass is 452 g/mol. The second kappa shape index (κ2) is 9.53. The van der Waals surface area contributed by atoms with Crippen molar-refractivity contribution < 1.29 is 14.8 Å². The van der Waals surface area contributed by atoms with E-state index in [-0.39, 0.29) is 32.9 Å². The molecule has 1 aromatic heterocycles. The molecule has 2 aromatic carbocycles. The van der Waals surface area contributed by atoms with E-state index in [4.69, 9.17) is 16.3 Å². The van der Waals surface area contributed by atoms with Gasteiger partial charge in [-0.25, -0.2) is 0 Å². The van der Waals surface area contributed by atoms with Crippen LogP contribution in [0, 0.1) is 10.1 Å². The lowest BCUT2D eigenvalue weighted by molar-refractivity contribution is -0.384. The van der Waals surface area contributed by atoms with Gasteiger partial charge in [0, 0.05) is 11.5 Å². The Hall–Kier alpha value is -3.84. The minimum atomic E-state index is -0.652. The van der Waals surface area contributed by atoms with Crippen molar-refractivity contribution in [3.8, 4) is 22.6 Å². The number of hydrogen-bond acceptors (Lipinski definition) is 5. The van der Waals surface area contributed by atoms with E-state index in [9.17, 15) is 20.0 Å². The summed E-state index contributed by atoms with van der Waals surface area (Å²) in [5, 5.41) is 21.9. The molecule has 164 valence electrons. The lowest BCUT2D eigenvalue weighted by Gasteiger charge is -2.10. The van der Waals surface area contributed by atoms with E-state index in [1.807, 2.05) is 32.1 Å². The fourth-order valence-electron chi connectivity index (χ4n) is 3.26. The Balaban J connectivity index is 1.90. The van der Waals surface area contributed by atoms with Crippen LogP contribution < -0.4 is 10.3 Å². The largest absolute Gasteiger partial charge is 0.506 e. The lowest BCUT2D eigenvalue weighted by atomic mass is 10.0. The number of rotatable bonds is 7. The Morgan fingerprint density at radius 1 is 1.31 bits per heavy atom. The van der Waals surface area contributed by atoms with Crippen molar-refractivity contribution in [2.45, 2.75) is 13.8 Å². The first-order valence-electron chi connectivity index (χ1n) is 9.66. The number of halogens is 1. The number of nitrogens with zero attached hydrogens (tertiary/aromatic N) is 1. The summed E-state index contributed by atoms with van der Waals surface area (Å²) in [5.74, 6) is 0.196. The van der Waals surface area contributed by atoms with E-state index in [0.717, 1.165) is 17.2 Å². The third-order valence-electron chi connectivity index (χ3n) is 4.68. The van der Waals surface area contributed by atoms with Gasteiger partial charge in [0.1, 0.15) is 23.1 Å². The first-order chi connectivity index (χ1) is 15.2. The molecule has 0 fully saturated rings. The Morgan fingerprint density at radius 2 is 2.00 bits per heavy atom. The standard InChI is InChI=1S/C24H21ClN2O5/c1-4-5-14(2)10-15(3)13-32-17-8-6-16(7-9-17)22-23(28)18-11-21(27(30)31)19(25)12-20(18)26-24(22)29/h4-12H,3,13H2,1-2H3,(H2,26,28,29)/b5-4-,14-10-. The molecule has 3 rings (SSSR count). The van der Waals surface area contributed by atoms with Gasteiger partial charge >= 0.3 is 0 Å². The topological polar surface area (TPSA) is 105 Å². The summed E-state index contributed by atoms with van der Waals surface area (Å²) >= 11 is 5.90. The van der Waals surface area contributed by atoms with Crippen LogP contribution in [0.5, 0.6) is 11.5 Å². The molecule has 7 nitrogen and oxygen atoms in total. The summed E-state index contributed by atoms with van der Waals surface area (Å²) in [6.07, 6.45) is 5.83. The number of aromatic nitrogens is 1. The molecule has 3 aromatic rings. The van der Waals surface area contributed by atoms with Gasteiger partial charge in [0.2, 0.25) is 0 Å². The Bertz CT molecular complexity index is 1320. The van der Waals surface area contributed by atoms with Gasteiger partial charge < -0.3 is 14.8 Å². The molecule has 0 bridgehead atoms. The van der Waals surface area contributed by atoms with Gasteiger partial charge in [0.15, 0.2) is 0 Å². The molecule has 32 heavy (non-hydrogen) atoms. The molecule has 0 saturated carbocycles. The summed E-state index contributed by atoms with van der Waals surface area (Å²) in [4.78, 5) is 25.7. The van der Waals surface area contributed by atoms with Crippen LogP contribution in [0.4, 0.5) is 5.69 Å². The molecule has 0 aliphatic carbocycles. The molecule has 0 spiro atoms. The summed E-state index contributed by atoms with van der Waals surface area (Å²) in [6, 6.07) is 8.96. The summed E-state index contributed by atoms with van der Waals surface area (Å²) in [5.41, 5.74) is 1.57. The highest BCUT2D eigenvalue weighted by atomic mass is 35.5. The van der Waals surface area contributed by atoms with Gasteiger partial charge in [0.05, 0.1) is 16.0 Å². The fraction of sp³-hybridized carbons (Fsp3) is 0.125. The zero-order valence-corrected chi connectivity index (χ0v) is 18.3. The molecule has 0 saturated heterocycles. The van der Waals surface area contributed by atoms with E-state index >= 15 is 0 Å². The number of fused-ring (bicyclic) bond motifs is 1. The van der Waals surface area contributed by atoms with Crippen LogP contribution in [0.2, 0.25) is 5.02 Å². The molecular weight excluding hydrogens is 432 g/mol. The van der Waals surface area contributed by atoms with Crippen LogP contribution >= 0.6 is 11.6 Å². The van der Waals surface area contributed by atoms with Crippen molar-refractivity contribution >= 4 is 28.2 Å². The third kappa shape index (κ3) is 4.90. The van der Waals surface area contributed by atoms with Gasteiger partial charge in [-0.1, -0.05) is 54.1 Å². The fourth-order valence-corrected chi connectivity index (χ4v) is 3.50. The molecule has 0 aliphatic heterocycles. The van der Waals surface area contributed by atoms with Crippen LogP contribution in [0.3, 0.4) is 0 Å². The maximum Gasteiger partial charge on any atom is 0.288 e. The van der Waals surface area contributed by atoms with Gasteiger partial charge in [-0.15, -0.1) is 0 Å². The van der Waals surface area contributed by atoms with Crippen LogP contribution in [-0.2, 0) is 0 Å². The van der Waals surface area contributed by atoms with Crippen molar-refractivity contribution in [3.63, 3.8) is 0 Å². The lowest BCUT2D eigenvalue weighted by Crippen LogP contribution is -2.09. The van der Waals surface area contributed by atoms with Gasteiger partial charge in [0.25, 0.3) is 11.2 Å². The first kappa shape index (κ1) is 22.8. The van der Waals surface area contributed by atoms with Gasteiger partial charge in [-0.2, -0.15) is 0 Å². The number of nitro benzene ring substituents is 1. The maximum atomic E-state index is 12.6. The van der Waals surface area contributed by atoms with Crippen molar-refractivity contribution in [2.24, 2.45) is 0 Å². The van der Waals surface area contributed by atoms with E-state index in [1.54, 1.807) is 24.3 Å². The number of nitro groups is 1. The third-order valence-corrected chi connectivity index (χ3v) is 4.98. The number of pyridine rings is 1. The number of nitrogens with one attached hydrogen (secondary N) is 1. The minimum Gasteiger partial charge on any atom is -0.506 e. The van der Waals surface area contributed by atoms with Crippen molar-refractivity contribution in [1.29, 1.82) is 0 Å². The zero-order valence-electron chi connectivity index (χ0n) is 17.5. The number of benzene rings is 2. The first-order valence-corrected chi connectivity index (χ1v) is 10.0. The summed E-state index contributed by atoms with van der Waals surface area (Å²) in [7, 11) is 0. The number of H-pyrrole nitrogens is 1. The normalized spacial score (nSPS) is 11.8. The number of hydrogen-bond donors (Lipinski definition) is 2. The second-order valence-electron chi connectivity index (χ2n) is 7.14.